The molecule has 0 saturated carbocycles. The Hall–Kier alpha value is -2.40. The molecule has 3 aromatic carbocycles. The standard InChI is InChI=1S/C22H17Cl2F3N2O3S2/c23-15-3-1-2-14(10-15)12-33-13-21(30)28-16-4-7-18(8-5-16)34(31,32)29-17-6-9-20(24)19(11-17)22(25,26)27/h1-11,29H,12-13H2,(H,28,30). The second-order valence-electron chi connectivity index (χ2n) is 6.99. The van der Waals surface area contributed by atoms with Crippen LogP contribution in [0, 0.1) is 0 Å². The number of carbonyl (C=O) groups is 1. The first-order chi connectivity index (χ1) is 15.9. The Morgan fingerprint density at radius 2 is 1.62 bits per heavy atom. The maximum Gasteiger partial charge on any atom is 0.417 e. The second kappa shape index (κ2) is 10.9. The van der Waals surface area contributed by atoms with Crippen LogP contribution in [0.5, 0.6) is 0 Å². The molecular formula is C22H17Cl2F3N2O3S2. The van der Waals surface area contributed by atoms with Gasteiger partial charge < -0.3 is 5.32 Å². The number of halogens is 5. The first kappa shape index (κ1) is 26.2. The predicted octanol–water partition coefficient (Wildman–Crippen LogP) is 6.68. The van der Waals surface area contributed by atoms with E-state index in [1.165, 1.54) is 36.0 Å². The minimum Gasteiger partial charge on any atom is -0.325 e. The van der Waals surface area contributed by atoms with E-state index < -0.39 is 26.8 Å². The molecule has 2 N–H and O–H groups in total. The van der Waals surface area contributed by atoms with Gasteiger partial charge in [-0.3, -0.25) is 9.52 Å². The number of carbonyl (C=O) groups excluding carboxylic acids is 1. The fourth-order valence-electron chi connectivity index (χ4n) is 2.82. The number of rotatable bonds is 8. The Kier molecular flexibility index (Phi) is 8.40. The molecule has 0 aliphatic heterocycles. The molecule has 0 aliphatic rings. The fourth-order valence-corrected chi connectivity index (χ4v) is 5.08. The van der Waals surface area contributed by atoms with Crippen LogP contribution in [0.25, 0.3) is 0 Å². The number of nitrogens with one attached hydrogen (secondary N) is 2. The zero-order valence-corrected chi connectivity index (χ0v) is 20.3. The minimum absolute atomic E-state index is 0.173. The third-order valence-corrected chi connectivity index (χ3v) is 7.33. The van der Waals surface area contributed by atoms with Crippen LogP contribution in [0.3, 0.4) is 0 Å². The highest BCUT2D eigenvalue weighted by molar-refractivity contribution is 7.99. The summed E-state index contributed by atoms with van der Waals surface area (Å²) in [5, 5.41) is 2.73. The van der Waals surface area contributed by atoms with Crippen molar-refractivity contribution in [2.45, 2.75) is 16.8 Å². The summed E-state index contributed by atoms with van der Waals surface area (Å²) in [4.78, 5) is 12.0. The highest BCUT2D eigenvalue weighted by Gasteiger charge is 2.33. The average molecular weight is 549 g/mol. The molecule has 0 heterocycles. The Morgan fingerprint density at radius 1 is 0.941 bits per heavy atom. The van der Waals surface area contributed by atoms with Crippen molar-refractivity contribution in [3.8, 4) is 0 Å². The van der Waals surface area contributed by atoms with E-state index in [2.05, 4.69) is 10.0 Å². The molecule has 0 radical (unpaired) electrons. The van der Waals surface area contributed by atoms with Gasteiger partial charge in [0, 0.05) is 22.2 Å². The Labute approximate surface area is 208 Å². The quantitative estimate of drug-likeness (QED) is 0.329. The molecule has 0 aromatic heterocycles. The van der Waals surface area contributed by atoms with Gasteiger partial charge in [0.25, 0.3) is 10.0 Å². The van der Waals surface area contributed by atoms with Crippen molar-refractivity contribution in [1.29, 1.82) is 0 Å². The summed E-state index contributed by atoms with van der Waals surface area (Å²) >= 11 is 12.9. The molecule has 3 aromatic rings. The zero-order chi connectivity index (χ0) is 24.9. The van der Waals surface area contributed by atoms with E-state index in [0.717, 1.165) is 17.7 Å². The van der Waals surface area contributed by atoms with Crippen LogP contribution in [0.4, 0.5) is 24.5 Å². The van der Waals surface area contributed by atoms with E-state index >= 15 is 0 Å². The van der Waals surface area contributed by atoms with Crippen LogP contribution in [0.2, 0.25) is 10.0 Å². The predicted molar refractivity (Wildman–Crippen MR) is 130 cm³/mol. The Balaban J connectivity index is 1.59. The van der Waals surface area contributed by atoms with Crippen molar-refractivity contribution in [1.82, 2.24) is 0 Å². The molecule has 0 fully saturated rings. The number of amides is 1. The number of benzene rings is 3. The Bertz CT molecular complexity index is 1290. The van der Waals surface area contributed by atoms with Crippen molar-refractivity contribution in [3.63, 3.8) is 0 Å². The van der Waals surface area contributed by atoms with Crippen LogP contribution in [-0.2, 0) is 26.7 Å². The first-order valence-electron chi connectivity index (χ1n) is 9.56. The molecule has 34 heavy (non-hydrogen) atoms. The van der Waals surface area contributed by atoms with E-state index in [1.807, 2.05) is 18.2 Å². The third kappa shape index (κ3) is 7.30. The molecule has 180 valence electrons. The summed E-state index contributed by atoms with van der Waals surface area (Å²) in [5.41, 5.74) is -0.0833. The van der Waals surface area contributed by atoms with Gasteiger partial charge in [0.15, 0.2) is 0 Å². The molecule has 0 aliphatic carbocycles. The van der Waals surface area contributed by atoms with Gasteiger partial charge >= 0.3 is 6.18 Å². The normalized spacial score (nSPS) is 11.8. The van der Waals surface area contributed by atoms with Gasteiger partial charge in [0.1, 0.15) is 0 Å². The highest BCUT2D eigenvalue weighted by atomic mass is 35.5. The van der Waals surface area contributed by atoms with Crippen molar-refractivity contribution < 1.29 is 26.4 Å². The highest BCUT2D eigenvalue weighted by Crippen LogP contribution is 2.36. The van der Waals surface area contributed by atoms with Crippen LogP contribution >= 0.6 is 35.0 Å². The van der Waals surface area contributed by atoms with Gasteiger partial charge in [-0.25, -0.2) is 8.42 Å². The van der Waals surface area contributed by atoms with Gasteiger partial charge in [0.05, 0.1) is 21.2 Å². The number of hydrogen-bond acceptors (Lipinski definition) is 4. The van der Waals surface area contributed by atoms with Crippen molar-refractivity contribution in [3.05, 3.63) is 87.9 Å². The maximum atomic E-state index is 13.0. The lowest BCUT2D eigenvalue weighted by Gasteiger charge is -2.13. The van der Waals surface area contributed by atoms with Crippen LogP contribution in [0.1, 0.15) is 11.1 Å². The molecule has 3 rings (SSSR count). The molecule has 12 heteroatoms. The van der Waals surface area contributed by atoms with Crippen LogP contribution in [-0.4, -0.2) is 20.1 Å². The minimum atomic E-state index is -4.73. The van der Waals surface area contributed by atoms with E-state index in [4.69, 9.17) is 23.2 Å². The third-order valence-electron chi connectivity index (χ3n) is 4.36. The maximum absolute atomic E-state index is 13.0. The summed E-state index contributed by atoms with van der Waals surface area (Å²) < 4.78 is 66.2. The topological polar surface area (TPSA) is 75.3 Å². The number of sulfonamides is 1. The molecule has 0 saturated heterocycles. The summed E-state index contributed by atoms with van der Waals surface area (Å²) in [6, 6.07) is 15.3. The van der Waals surface area contributed by atoms with E-state index in [0.29, 0.717) is 22.5 Å². The number of anilines is 2. The molecule has 0 atom stereocenters. The summed E-state index contributed by atoms with van der Waals surface area (Å²) in [5.74, 6) is 0.491. The van der Waals surface area contributed by atoms with Gasteiger partial charge in [-0.15, -0.1) is 11.8 Å². The van der Waals surface area contributed by atoms with Gasteiger partial charge in [-0.2, -0.15) is 13.2 Å². The molecule has 0 spiro atoms. The lowest BCUT2D eigenvalue weighted by Crippen LogP contribution is -2.16. The first-order valence-corrected chi connectivity index (χ1v) is 12.9. The summed E-state index contributed by atoms with van der Waals surface area (Å²) in [6.45, 7) is 0. The molecule has 5 nitrogen and oxygen atoms in total. The number of thioether (sulfide) groups is 1. The smallest absolute Gasteiger partial charge is 0.325 e. The van der Waals surface area contributed by atoms with E-state index in [-0.39, 0.29) is 22.2 Å². The van der Waals surface area contributed by atoms with Crippen molar-refractivity contribution in [2.24, 2.45) is 0 Å². The molecule has 1 amide bonds. The lowest BCUT2D eigenvalue weighted by molar-refractivity contribution is -0.137. The number of hydrogen-bond donors (Lipinski definition) is 2. The average Bonchev–Trinajstić information content (AvgIpc) is 2.74. The molecule has 0 bridgehead atoms. The molecule has 0 unspecified atom stereocenters. The second-order valence-corrected chi connectivity index (χ2v) is 10.5. The lowest BCUT2D eigenvalue weighted by atomic mass is 10.2. The van der Waals surface area contributed by atoms with Gasteiger partial charge in [0.2, 0.25) is 5.91 Å². The number of alkyl halides is 3. The van der Waals surface area contributed by atoms with Gasteiger partial charge in [-0.1, -0.05) is 35.3 Å². The monoisotopic (exact) mass is 548 g/mol. The van der Waals surface area contributed by atoms with Crippen LogP contribution < -0.4 is 10.0 Å². The van der Waals surface area contributed by atoms with Crippen molar-refractivity contribution in [2.75, 3.05) is 15.8 Å². The van der Waals surface area contributed by atoms with Crippen LogP contribution in [0.15, 0.2) is 71.6 Å². The fraction of sp³-hybridized carbons (Fsp3) is 0.136. The molecular weight excluding hydrogens is 532 g/mol. The SMILES string of the molecule is O=C(CSCc1cccc(Cl)c1)Nc1ccc(S(=O)(=O)Nc2ccc(Cl)c(C(F)(F)F)c2)cc1. The Morgan fingerprint density at radius 3 is 2.26 bits per heavy atom. The van der Waals surface area contributed by atoms with E-state index in [9.17, 15) is 26.4 Å². The van der Waals surface area contributed by atoms with E-state index in [1.54, 1.807) is 6.07 Å². The summed E-state index contributed by atoms with van der Waals surface area (Å²) in [6.07, 6.45) is -4.73. The zero-order valence-electron chi connectivity index (χ0n) is 17.2. The summed E-state index contributed by atoms with van der Waals surface area (Å²) in [7, 11) is -4.17. The van der Waals surface area contributed by atoms with Crippen molar-refractivity contribution >= 4 is 62.3 Å². The van der Waals surface area contributed by atoms with Gasteiger partial charge in [-0.05, 0) is 60.2 Å². The largest absolute Gasteiger partial charge is 0.417 e.